The van der Waals surface area contributed by atoms with Crippen LogP contribution in [0.5, 0.6) is 0 Å². The predicted molar refractivity (Wildman–Crippen MR) is 69.9 cm³/mol. The van der Waals surface area contributed by atoms with Crippen molar-refractivity contribution < 1.29 is 9.90 Å². The molecule has 0 bridgehead atoms. The van der Waals surface area contributed by atoms with Crippen LogP contribution >= 0.6 is 11.3 Å². The molecule has 2 heterocycles. The Hall–Kier alpha value is -2.54. The molecule has 19 heavy (non-hydrogen) atoms. The Labute approximate surface area is 111 Å². The van der Waals surface area contributed by atoms with Gasteiger partial charge < -0.3 is 5.11 Å². The van der Waals surface area contributed by atoms with Gasteiger partial charge in [-0.25, -0.2) is 9.78 Å². The van der Waals surface area contributed by atoms with Crippen LogP contribution < -0.4 is 0 Å². The summed E-state index contributed by atoms with van der Waals surface area (Å²) in [5.74, 6) is -0.950. The largest absolute Gasteiger partial charge is 0.478 e. The van der Waals surface area contributed by atoms with Crippen LogP contribution in [0.4, 0.5) is 0 Å². The molecule has 0 fully saturated rings. The van der Waals surface area contributed by atoms with E-state index in [0.717, 1.165) is 16.3 Å². The number of H-pyrrole nitrogens is 1. The van der Waals surface area contributed by atoms with E-state index in [1.807, 2.05) is 11.4 Å². The monoisotopic (exact) mass is 272 g/mol. The second-order valence-electron chi connectivity index (χ2n) is 3.78. The summed E-state index contributed by atoms with van der Waals surface area (Å²) >= 11 is 1.44. The Morgan fingerprint density at radius 3 is 2.95 bits per heavy atom. The van der Waals surface area contributed by atoms with Crippen molar-refractivity contribution >= 4 is 17.3 Å². The highest BCUT2D eigenvalue weighted by molar-refractivity contribution is 7.13. The SMILES string of the molecule is O=C(O)c1cccc(-c2csc(-c3cn[nH]n3)n2)c1. The molecule has 0 saturated heterocycles. The summed E-state index contributed by atoms with van der Waals surface area (Å²) in [6, 6.07) is 6.68. The minimum Gasteiger partial charge on any atom is -0.478 e. The van der Waals surface area contributed by atoms with Gasteiger partial charge in [-0.1, -0.05) is 12.1 Å². The number of aromatic nitrogens is 4. The minimum atomic E-state index is -0.950. The lowest BCUT2D eigenvalue weighted by atomic mass is 10.1. The van der Waals surface area contributed by atoms with Gasteiger partial charge in [0, 0.05) is 10.9 Å². The van der Waals surface area contributed by atoms with E-state index in [1.54, 1.807) is 24.4 Å². The molecule has 2 aromatic heterocycles. The van der Waals surface area contributed by atoms with Crippen molar-refractivity contribution in [2.24, 2.45) is 0 Å². The number of aromatic amines is 1. The van der Waals surface area contributed by atoms with Gasteiger partial charge in [0.25, 0.3) is 0 Å². The number of benzene rings is 1. The highest BCUT2D eigenvalue weighted by Crippen LogP contribution is 2.27. The topological polar surface area (TPSA) is 91.8 Å². The molecule has 0 radical (unpaired) electrons. The van der Waals surface area contributed by atoms with E-state index in [1.165, 1.54) is 11.3 Å². The van der Waals surface area contributed by atoms with Crippen LogP contribution in [0.3, 0.4) is 0 Å². The molecule has 1 aromatic carbocycles. The fourth-order valence-corrected chi connectivity index (χ4v) is 2.42. The molecule has 0 aliphatic rings. The van der Waals surface area contributed by atoms with E-state index < -0.39 is 5.97 Å². The number of hydrogen-bond donors (Lipinski definition) is 2. The first-order valence-electron chi connectivity index (χ1n) is 5.39. The zero-order valence-electron chi connectivity index (χ0n) is 9.57. The molecular formula is C12H8N4O2S. The fourth-order valence-electron chi connectivity index (χ4n) is 1.64. The molecule has 0 unspecified atom stereocenters. The molecule has 0 spiro atoms. The highest BCUT2D eigenvalue weighted by Gasteiger charge is 2.10. The average Bonchev–Trinajstić information content (AvgIpc) is 3.09. The lowest BCUT2D eigenvalue weighted by Gasteiger charge is -1.98. The second kappa shape index (κ2) is 4.62. The lowest BCUT2D eigenvalue weighted by molar-refractivity contribution is 0.0697. The Morgan fingerprint density at radius 2 is 2.21 bits per heavy atom. The number of nitrogens with one attached hydrogen (secondary N) is 1. The molecule has 7 heteroatoms. The van der Waals surface area contributed by atoms with Crippen molar-refractivity contribution in [1.82, 2.24) is 20.4 Å². The van der Waals surface area contributed by atoms with Gasteiger partial charge >= 0.3 is 5.97 Å². The molecule has 2 N–H and O–H groups in total. The smallest absolute Gasteiger partial charge is 0.335 e. The normalized spacial score (nSPS) is 10.5. The van der Waals surface area contributed by atoms with Crippen LogP contribution in [0.15, 0.2) is 35.8 Å². The number of rotatable bonds is 3. The molecule has 0 atom stereocenters. The Bertz CT molecular complexity index is 721. The van der Waals surface area contributed by atoms with Crippen molar-refractivity contribution in [3.8, 4) is 22.0 Å². The standard InChI is InChI=1S/C12H8N4O2S/c17-12(18)8-3-1-2-7(4-8)10-6-19-11(14-10)9-5-13-16-15-9/h1-6H,(H,17,18)(H,13,15,16). The van der Waals surface area contributed by atoms with Crippen molar-refractivity contribution in [2.75, 3.05) is 0 Å². The van der Waals surface area contributed by atoms with E-state index >= 15 is 0 Å². The van der Waals surface area contributed by atoms with Crippen LogP contribution in [0, 0.1) is 0 Å². The van der Waals surface area contributed by atoms with Gasteiger partial charge in [0.2, 0.25) is 0 Å². The van der Waals surface area contributed by atoms with Crippen LogP contribution in [0.25, 0.3) is 22.0 Å². The Kier molecular flexibility index (Phi) is 2.81. The van der Waals surface area contributed by atoms with E-state index in [9.17, 15) is 4.79 Å². The zero-order chi connectivity index (χ0) is 13.2. The first kappa shape index (κ1) is 11.5. The van der Waals surface area contributed by atoms with E-state index in [2.05, 4.69) is 20.4 Å². The maximum absolute atomic E-state index is 10.9. The summed E-state index contributed by atoms with van der Waals surface area (Å²) in [6.07, 6.45) is 1.59. The van der Waals surface area contributed by atoms with Gasteiger partial charge in [0.1, 0.15) is 10.7 Å². The fraction of sp³-hybridized carbons (Fsp3) is 0. The molecule has 0 saturated carbocycles. The second-order valence-corrected chi connectivity index (χ2v) is 4.64. The molecule has 3 aromatic rings. The molecule has 0 aliphatic carbocycles. The first-order chi connectivity index (χ1) is 9.24. The summed E-state index contributed by atoms with van der Waals surface area (Å²) in [5, 5.41) is 21.8. The van der Waals surface area contributed by atoms with Crippen LogP contribution in [0.2, 0.25) is 0 Å². The number of nitrogens with zero attached hydrogens (tertiary/aromatic N) is 3. The van der Waals surface area contributed by atoms with Crippen LogP contribution in [0.1, 0.15) is 10.4 Å². The van der Waals surface area contributed by atoms with Crippen molar-refractivity contribution in [1.29, 1.82) is 0 Å². The predicted octanol–water partition coefficient (Wildman–Crippen LogP) is 2.29. The van der Waals surface area contributed by atoms with Crippen LogP contribution in [-0.2, 0) is 0 Å². The third kappa shape index (κ3) is 2.23. The summed E-state index contributed by atoms with van der Waals surface area (Å²) in [7, 11) is 0. The maximum Gasteiger partial charge on any atom is 0.335 e. The summed E-state index contributed by atoms with van der Waals surface area (Å²) in [5.41, 5.74) is 2.41. The Balaban J connectivity index is 1.99. The van der Waals surface area contributed by atoms with Gasteiger partial charge in [-0.3, -0.25) is 0 Å². The van der Waals surface area contributed by atoms with Gasteiger partial charge in [-0.05, 0) is 12.1 Å². The van der Waals surface area contributed by atoms with Gasteiger partial charge in [-0.2, -0.15) is 15.4 Å². The maximum atomic E-state index is 10.9. The number of hydrogen-bond acceptors (Lipinski definition) is 5. The zero-order valence-corrected chi connectivity index (χ0v) is 10.4. The third-order valence-corrected chi connectivity index (χ3v) is 3.41. The summed E-state index contributed by atoms with van der Waals surface area (Å²) in [6.45, 7) is 0. The molecule has 3 rings (SSSR count). The van der Waals surface area contributed by atoms with E-state index in [4.69, 9.17) is 5.11 Å². The number of aromatic carboxylic acids is 1. The number of thiazole rings is 1. The van der Waals surface area contributed by atoms with Gasteiger partial charge in [0.15, 0.2) is 0 Å². The quantitative estimate of drug-likeness (QED) is 0.763. The van der Waals surface area contributed by atoms with E-state index in [-0.39, 0.29) is 5.56 Å². The molecular weight excluding hydrogens is 264 g/mol. The average molecular weight is 272 g/mol. The molecule has 6 nitrogen and oxygen atoms in total. The van der Waals surface area contributed by atoms with E-state index in [0.29, 0.717) is 5.69 Å². The van der Waals surface area contributed by atoms with Gasteiger partial charge in [0.05, 0.1) is 17.5 Å². The van der Waals surface area contributed by atoms with Crippen molar-refractivity contribution in [3.05, 3.63) is 41.4 Å². The van der Waals surface area contributed by atoms with Gasteiger partial charge in [-0.15, -0.1) is 11.3 Å². The molecule has 0 aliphatic heterocycles. The number of carbonyl (C=O) groups is 1. The van der Waals surface area contributed by atoms with Crippen molar-refractivity contribution in [3.63, 3.8) is 0 Å². The third-order valence-electron chi connectivity index (χ3n) is 2.54. The van der Waals surface area contributed by atoms with Crippen molar-refractivity contribution in [2.45, 2.75) is 0 Å². The summed E-state index contributed by atoms with van der Waals surface area (Å²) in [4.78, 5) is 15.4. The molecule has 0 amide bonds. The highest BCUT2D eigenvalue weighted by atomic mass is 32.1. The summed E-state index contributed by atoms with van der Waals surface area (Å²) < 4.78 is 0. The number of carboxylic acids is 1. The van der Waals surface area contributed by atoms with Crippen LogP contribution in [-0.4, -0.2) is 31.5 Å². The lowest BCUT2D eigenvalue weighted by Crippen LogP contribution is -1.95. The number of carboxylic acid groups (broad SMARTS) is 1. The minimum absolute atomic E-state index is 0.244. The first-order valence-corrected chi connectivity index (χ1v) is 6.27. The Morgan fingerprint density at radius 1 is 1.32 bits per heavy atom. The molecule has 94 valence electrons.